The Hall–Kier alpha value is -1.22. The first-order valence-electron chi connectivity index (χ1n) is 5.05. The van der Waals surface area contributed by atoms with E-state index >= 15 is 0 Å². The molecule has 0 aliphatic carbocycles. The third-order valence-electron chi connectivity index (χ3n) is 2.67. The molecule has 1 fully saturated rings. The lowest BCUT2D eigenvalue weighted by molar-refractivity contribution is -0.0491. The van der Waals surface area contributed by atoms with Crippen LogP contribution in [-0.4, -0.2) is 44.8 Å². The monoisotopic (exact) mass is 280 g/mol. The number of halogens is 2. The van der Waals surface area contributed by atoms with Crippen molar-refractivity contribution in [1.29, 1.82) is 0 Å². The molecule has 1 aliphatic rings. The van der Waals surface area contributed by atoms with Crippen LogP contribution in [0.5, 0.6) is 0 Å². The average molecular weight is 281 g/mol. The molecule has 0 spiro atoms. The zero-order chi connectivity index (χ0) is 13.4. The van der Waals surface area contributed by atoms with Crippen molar-refractivity contribution in [3.05, 3.63) is 32.1 Å². The molecule has 3 N–H and O–H groups in total. The molecular formula is C9H10ClFN2O5. The zero-order valence-electron chi connectivity index (χ0n) is 8.92. The molecular weight excluding hydrogens is 271 g/mol. The molecule has 0 saturated carbocycles. The number of aromatic nitrogens is 2. The number of ether oxygens (including phenoxy) is 1. The topological polar surface area (TPSA) is 105 Å². The smallest absolute Gasteiger partial charge is 0.330 e. The van der Waals surface area contributed by atoms with Gasteiger partial charge in [0, 0.05) is 6.20 Å². The van der Waals surface area contributed by atoms with E-state index in [1.165, 1.54) is 0 Å². The number of aromatic amines is 1. The Morgan fingerprint density at radius 2 is 2.22 bits per heavy atom. The second kappa shape index (κ2) is 4.81. The standard InChI is InChI=1S/C9H10ClFN2O5/c10-3-1-13(9(17)12-7(3)16)8-5(11)6(15)4(2-14)18-8/h1,4-6,8,14-15H,2H2,(H,12,16,17)/t4-,5+,6-,8-/m0/s1. The summed E-state index contributed by atoms with van der Waals surface area (Å²) in [7, 11) is 0. The van der Waals surface area contributed by atoms with Gasteiger partial charge in [0.25, 0.3) is 5.56 Å². The second-order valence-corrected chi connectivity index (χ2v) is 4.23. The predicted molar refractivity (Wildman–Crippen MR) is 58.2 cm³/mol. The van der Waals surface area contributed by atoms with Crippen molar-refractivity contribution in [2.45, 2.75) is 24.6 Å². The summed E-state index contributed by atoms with van der Waals surface area (Å²) >= 11 is 5.53. The largest absolute Gasteiger partial charge is 0.394 e. The molecule has 100 valence electrons. The number of rotatable bonds is 2. The van der Waals surface area contributed by atoms with Gasteiger partial charge < -0.3 is 14.9 Å². The molecule has 9 heteroatoms. The maximum atomic E-state index is 13.7. The predicted octanol–water partition coefficient (Wildman–Crippen LogP) is -1.22. The van der Waals surface area contributed by atoms with Crippen LogP contribution < -0.4 is 11.2 Å². The van der Waals surface area contributed by atoms with Crippen LogP contribution >= 0.6 is 11.6 Å². The molecule has 1 aromatic rings. The molecule has 0 radical (unpaired) electrons. The van der Waals surface area contributed by atoms with Gasteiger partial charge in [-0.25, -0.2) is 9.18 Å². The molecule has 4 atom stereocenters. The average Bonchev–Trinajstić information content (AvgIpc) is 2.61. The number of H-pyrrole nitrogens is 1. The molecule has 1 aromatic heterocycles. The highest BCUT2D eigenvalue weighted by molar-refractivity contribution is 6.30. The van der Waals surface area contributed by atoms with E-state index in [2.05, 4.69) is 0 Å². The van der Waals surface area contributed by atoms with Gasteiger partial charge >= 0.3 is 5.69 Å². The van der Waals surface area contributed by atoms with Crippen LogP contribution in [0.3, 0.4) is 0 Å². The molecule has 0 unspecified atom stereocenters. The van der Waals surface area contributed by atoms with Gasteiger partial charge in [-0.2, -0.15) is 0 Å². The minimum Gasteiger partial charge on any atom is -0.394 e. The van der Waals surface area contributed by atoms with Crippen molar-refractivity contribution >= 4 is 11.6 Å². The number of alkyl halides is 1. The first-order valence-corrected chi connectivity index (χ1v) is 5.43. The highest BCUT2D eigenvalue weighted by atomic mass is 35.5. The summed E-state index contributed by atoms with van der Waals surface area (Å²) in [6.07, 6.45) is -5.13. The van der Waals surface area contributed by atoms with E-state index in [9.17, 15) is 19.1 Å². The van der Waals surface area contributed by atoms with E-state index in [1.54, 1.807) is 0 Å². The first-order chi connectivity index (χ1) is 8.45. The number of nitrogens with one attached hydrogen (secondary N) is 1. The van der Waals surface area contributed by atoms with E-state index in [-0.39, 0.29) is 5.02 Å². The Balaban J connectivity index is 2.42. The third kappa shape index (κ3) is 2.07. The minimum absolute atomic E-state index is 0.313. The lowest BCUT2D eigenvalue weighted by Gasteiger charge is -2.15. The normalized spacial score (nSPS) is 31.8. The van der Waals surface area contributed by atoms with Crippen molar-refractivity contribution in [2.24, 2.45) is 0 Å². The van der Waals surface area contributed by atoms with Gasteiger partial charge in [-0.05, 0) is 0 Å². The number of nitrogens with zero attached hydrogens (tertiary/aromatic N) is 1. The van der Waals surface area contributed by atoms with Crippen LogP contribution in [0.1, 0.15) is 6.23 Å². The molecule has 0 aromatic carbocycles. The number of aliphatic hydroxyl groups excluding tert-OH is 2. The van der Waals surface area contributed by atoms with Crippen molar-refractivity contribution < 1.29 is 19.3 Å². The molecule has 0 bridgehead atoms. The SMILES string of the molecule is O=c1[nH]c(=O)n([C@H]2O[C@@H](CO)[C@H](O)[C@H]2F)cc1Cl. The summed E-state index contributed by atoms with van der Waals surface area (Å²) < 4.78 is 19.5. The molecule has 0 amide bonds. The van der Waals surface area contributed by atoms with Crippen molar-refractivity contribution in [1.82, 2.24) is 9.55 Å². The second-order valence-electron chi connectivity index (χ2n) is 3.83. The zero-order valence-corrected chi connectivity index (χ0v) is 9.67. The van der Waals surface area contributed by atoms with Gasteiger partial charge in [-0.15, -0.1) is 0 Å². The van der Waals surface area contributed by atoms with Gasteiger partial charge in [0.1, 0.15) is 17.2 Å². The number of aliphatic hydroxyl groups is 2. The molecule has 1 aliphatic heterocycles. The summed E-state index contributed by atoms with van der Waals surface area (Å²) in [6.45, 7) is -0.593. The van der Waals surface area contributed by atoms with Crippen LogP contribution in [0.25, 0.3) is 0 Å². The van der Waals surface area contributed by atoms with Gasteiger partial charge in [-0.1, -0.05) is 11.6 Å². The Morgan fingerprint density at radius 1 is 1.56 bits per heavy atom. The molecule has 18 heavy (non-hydrogen) atoms. The number of hydrogen-bond donors (Lipinski definition) is 3. The summed E-state index contributed by atoms with van der Waals surface area (Å²) in [6, 6.07) is 0. The van der Waals surface area contributed by atoms with Crippen LogP contribution in [-0.2, 0) is 4.74 Å². The number of hydrogen-bond acceptors (Lipinski definition) is 5. The third-order valence-corrected chi connectivity index (χ3v) is 2.94. The quantitative estimate of drug-likeness (QED) is 0.630. The minimum atomic E-state index is -1.91. The first kappa shape index (κ1) is 13.2. The van der Waals surface area contributed by atoms with Gasteiger partial charge in [0.15, 0.2) is 12.4 Å². The lowest BCUT2D eigenvalue weighted by atomic mass is 10.1. The Morgan fingerprint density at radius 3 is 2.78 bits per heavy atom. The summed E-state index contributed by atoms with van der Waals surface area (Å²) in [5, 5.41) is 18.0. The van der Waals surface area contributed by atoms with E-state index in [4.69, 9.17) is 21.4 Å². The van der Waals surface area contributed by atoms with E-state index in [0.717, 1.165) is 10.8 Å². The molecule has 1 saturated heterocycles. The van der Waals surface area contributed by atoms with Gasteiger partial charge in [0.05, 0.1) is 6.61 Å². The van der Waals surface area contributed by atoms with E-state index < -0.39 is 42.5 Å². The van der Waals surface area contributed by atoms with Crippen LogP contribution in [0.4, 0.5) is 4.39 Å². The fourth-order valence-corrected chi connectivity index (χ4v) is 1.88. The summed E-state index contributed by atoms with van der Waals surface area (Å²) in [4.78, 5) is 24.4. The summed E-state index contributed by atoms with van der Waals surface area (Å²) in [5.74, 6) is 0. The molecule has 2 rings (SSSR count). The lowest BCUT2D eigenvalue weighted by Crippen LogP contribution is -2.36. The van der Waals surface area contributed by atoms with E-state index in [1.807, 2.05) is 4.98 Å². The maximum Gasteiger partial charge on any atom is 0.330 e. The maximum absolute atomic E-state index is 13.7. The van der Waals surface area contributed by atoms with Crippen molar-refractivity contribution in [3.63, 3.8) is 0 Å². The van der Waals surface area contributed by atoms with Crippen LogP contribution in [0.2, 0.25) is 5.02 Å². The fraction of sp³-hybridized carbons (Fsp3) is 0.556. The Bertz CT molecular complexity index is 559. The molecule has 7 nitrogen and oxygen atoms in total. The molecule has 2 heterocycles. The van der Waals surface area contributed by atoms with Gasteiger partial charge in [0.2, 0.25) is 0 Å². The Labute approximate surface area is 104 Å². The highest BCUT2D eigenvalue weighted by Crippen LogP contribution is 2.30. The summed E-state index contributed by atoms with van der Waals surface area (Å²) in [5.41, 5.74) is -1.71. The van der Waals surface area contributed by atoms with Crippen molar-refractivity contribution in [3.8, 4) is 0 Å². The Kier molecular flexibility index (Phi) is 3.53. The van der Waals surface area contributed by atoms with Crippen LogP contribution in [0.15, 0.2) is 15.8 Å². The highest BCUT2D eigenvalue weighted by Gasteiger charge is 2.45. The fourth-order valence-electron chi connectivity index (χ4n) is 1.73. The van der Waals surface area contributed by atoms with Gasteiger partial charge in [-0.3, -0.25) is 14.3 Å². The van der Waals surface area contributed by atoms with Crippen LogP contribution in [0, 0.1) is 0 Å². The van der Waals surface area contributed by atoms with E-state index in [0.29, 0.717) is 0 Å². The van der Waals surface area contributed by atoms with Crippen molar-refractivity contribution in [2.75, 3.05) is 6.61 Å².